The van der Waals surface area contributed by atoms with Gasteiger partial charge in [-0.2, -0.15) is 5.10 Å². The SMILES string of the molecule is [C-]#[N+][C@]1(CO)O[C@@H](c2ccc3c(N)ncnn23)[C@H](F)[C@@H]1O. The molecule has 0 radical (unpaired) electrons. The predicted molar refractivity (Wildman–Crippen MR) is 68.5 cm³/mol. The van der Waals surface area contributed by atoms with Crippen molar-refractivity contribution in [2.24, 2.45) is 0 Å². The third-order valence-electron chi connectivity index (χ3n) is 3.60. The molecule has 3 rings (SSSR count). The van der Waals surface area contributed by atoms with Crippen LogP contribution < -0.4 is 5.73 Å². The number of anilines is 1. The quantitative estimate of drug-likeness (QED) is 0.655. The van der Waals surface area contributed by atoms with Crippen LogP contribution in [0.3, 0.4) is 0 Å². The number of aliphatic hydroxyl groups excluding tert-OH is 2. The fourth-order valence-electron chi connectivity index (χ4n) is 2.44. The number of alkyl halides is 1. The van der Waals surface area contributed by atoms with E-state index < -0.39 is 30.7 Å². The van der Waals surface area contributed by atoms with Crippen LogP contribution in [0.25, 0.3) is 10.4 Å². The highest BCUT2D eigenvalue weighted by molar-refractivity contribution is 5.65. The summed E-state index contributed by atoms with van der Waals surface area (Å²) in [5.74, 6) is 0.212. The molecule has 1 aliphatic rings. The molecule has 0 bridgehead atoms. The van der Waals surface area contributed by atoms with Gasteiger partial charge in [-0.3, -0.25) is 9.58 Å². The lowest BCUT2D eigenvalue weighted by Crippen LogP contribution is -2.42. The Morgan fingerprint density at radius 1 is 1.57 bits per heavy atom. The molecule has 9 heteroatoms. The van der Waals surface area contributed by atoms with Crippen LogP contribution in [0, 0.1) is 6.57 Å². The molecule has 0 spiro atoms. The highest BCUT2D eigenvalue weighted by Crippen LogP contribution is 2.42. The molecule has 3 heterocycles. The maximum atomic E-state index is 14.3. The van der Waals surface area contributed by atoms with Crippen molar-refractivity contribution < 1.29 is 19.3 Å². The average molecular weight is 293 g/mol. The van der Waals surface area contributed by atoms with E-state index in [9.17, 15) is 14.6 Å². The molecule has 0 unspecified atom stereocenters. The summed E-state index contributed by atoms with van der Waals surface area (Å²) in [7, 11) is 0. The van der Waals surface area contributed by atoms with Gasteiger partial charge in [0, 0.05) is 0 Å². The largest absolute Gasteiger partial charge is 0.389 e. The molecular weight excluding hydrogens is 281 g/mol. The van der Waals surface area contributed by atoms with Gasteiger partial charge < -0.3 is 15.9 Å². The molecule has 1 fully saturated rings. The number of rotatable bonds is 2. The lowest BCUT2D eigenvalue weighted by molar-refractivity contribution is -0.0819. The fraction of sp³-hybridized carbons (Fsp3) is 0.417. The van der Waals surface area contributed by atoms with Crippen molar-refractivity contribution in [1.29, 1.82) is 0 Å². The van der Waals surface area contributed by atoms with Gasteiger partial charge in [0.05, 0.1) is 5.69 Å². The molecule has 2 aromatic rings. The van der Waals surface area contributed by atoms with Crippen LogP contribution in [0.2, 0.25) is 0 Å². The molecule has 0 amide bonds. The standard InChI is InChI=1S/C12H12FN5O3/c1-15-12(4-19)10(20)8(13)9(21-12)6-2-3-7-11(14)16-5-17-18(6)7/h2-3,5,8-10,19-20H,4H2,(H2,14,16,17)/t8-,9-,10-,12+/m0/s1. The van der Waals surface area contributed by atoms with Crippen molar-refractivity contribution in [3.8, 4) is 0 Å². The summed E-state index contributed by atoms with van der Waals surface area (Å²) < 4.78 is 21.0. The Kier molecular flexibility index (Phi) is 3.02. The third-order valence-corrected chi connectivity index (χ3v) is 3.60. The van der Waals surface area contributed by atoms with Crippen LogP contribution in [0.15, 0.2) is 18.5 Å². The first kappa shape index (κ1) is 13.7. The third kappa shape index (κ3) is 1.77. The normalized spacial score (nSPS) is 32.4. The lowest BCUT2D eigenvalue weighted by atomic mass is 10.0. The van der Waals surface area contributed by atoms with Crippen LogP contribution in [0.4, 0.5) is 10.2 Å². The molecule has 1 aliphatic heterocycles. The van der Waals surface area contributed by atoms with E-state index in [0.717, 1.165) is 0 Å². The second-order valence-corrected chi connectivity index (χ2v) is 4.74. The number of nitrogen functional groups attached to an aromatic ring is 1. The summed E-state index contributed by atoms with van der Waals surface area (Å²) in [5.41, 5.74) is 4.43. The summed E-state index contributed by atoms with van der Waals surface area (Å²) in [5, 5.41) is 23.1. The molecule has 0 saturated carbocycles. The van der Waals surface area contributed by atoms with Gasteiger partial charge >= 0.3 is 5.72 Å². The van der Waals surface area contributed by atoms with Crippen LogP contribution >= 0.6 is 0 Å². The smallest absolute Gasteiger partial charge is 0.385 e. The van der Waals surface area contributed by atoms with Crippen LogP contribution in [0.5, 0.6) is 0 Å². The molecule has 0 aromatic carbocycles. The van der Waals surface area contributed by atoms with Gasteiger partial charge in [0.1, 0.15) is 17.9 Å². The number of fused-ring (bicyclic) bond motifs is 1. The monoisotopic (exact) mass is 293 g/mol. The highest BCUT2D eigenvalue weighted by atomic mass is 19.1. The van der Waals surface area contributed by atoms with Gasteiger partial charge in [-0.1, -0.05) is 0 Å². The number of nitrogens with zero attached hydrogens (tertiary/aromatic N) is 4. The summed E-state index contributed by atoms with van der Waals surface area (Å²) in [6, 6.07) is 3.12. The Bertz CT molecular complexity index is 729. The molecule has 21 heavy (non-hydrogen) atoms. The number of hydrogen-bond acceptors (Lipinski definition) is 6. The van der Waals surface area contributed by atoms with Gasteiger partial charge in [0.2, 0.25) is 0 Å². The topological polar surface area (TPSA) is 110 Å². The van der Waals surface area contributed by atoms with Crippen molar-refractivity contribution in [3.05, 3.63) is 35.6 Å². The summed E-state index contributed by atoms with van der Waals surface area (Å²) >= 11 is 0. The first-order valence-electron chi connectivity index (χ1n) is 6.11. The summed E-state index contributed by atoms with van der Waals surface area (Å²) in [6.45, 7) is 6.23. The molecule has 8 nitrogen and oxygen atoms in total. The number of aromatic nitrogens is 3. The first-order chi connectivity index (χ1) is 10.0. The van der Waals surface area contributed by atoms with E-state index in [4.69, 9.17) is 17.0 Å². The van der Waals surface area contributed by atoms with Crippen molar-refractivity contribution in [2.75, 3.05) is 12.3 Å². The Morgan fingerprint density at radius 2 is 2.33 bits per heavy atom. The van der Waals surface area contributed by atoms with Crippen molar-refractivity contribution in [1.82, 2.24) is 14.6 Å². The first-order valence-corrected chi connectivity index (χ1v) is 6.11. The van der Waals surface area contributed by atoms with E-state index in [1.807, 2.05) is 0 Å². The Hall–Kier alpha value is -2.28. The highest BCUT2D eigenvalue weighted by Gasteiger charge is 2.62. The van der Waals surface area contributed by atoms with Gasteiger partial charge in [0.25, 0.3) is 0 Å². The van der Waals surface area contributed by atoms with Crippen molar-refractivity contribution >= 4 is 11.3 Å². The zero-order valence-corrected chi connectivity index (χ0v) is 10.7. The molecule has 0 aliphatic carbocycles. The Morgan fingerprint density at radius 3 is 2.95 bits per heavy atom. The van der Waals surface area contributed by atoms with Gasteiger partial charge in [-0.25, -0.2) is 20.5 Å². The number of halogens is 1. The molecule has 2 aromatic heterocycles. The second-order valence-electron chi connectivity index (χ2n) is 4.74. The van der Waals surface area contributed by atoms with Crippen LogP contribution in [0.1, 0.15) is 11.8 Å². The van der Waals surface area contributed by atoms with Crippen molar-refractivity contribution in [2.45, 2.75) is 24.1 Å². The number of ether oxygens (including phenoxy) is 1. The molecule has 4 atom stereocenters. The zero-order valence-electron chi connectivity index (χ0n) is 10.7. The fourth-order valence-corrected chi connectivity index (χ4v) is 2.44. The average Bonchev–Trinajstić information content (AvgIpc) is 3.02. The molecule has 4 N–H and O–H groups in total. The molecule has 1 saturated heterocycles. The van der Waals surface area contributed by atoms with E-state index in [2.05, 4.69) is 14.9 Å². The van der Waals surface area contributed by atoms with Crippen LogP contribution in [-0.2, 0) is 4.74 Å². The second kappa shape index (κ2) is 4.63. The van der Waals surface area contributed by atoms with E-state index >= 15 is 0 Å². The minimum absolute atomic E-state index is 0.212. The molecule has 110 valence electrons. The van der Waals surface area contributed by atoms with Crippen molar-refractivity contribution in [3.63, 3.8) is 0 Å². The molecular formula is C12H12FN5O3. The summed E-state index contributed by atoms with van der Waals surface area (Å²) in [4.78, 5) is 6.86. The number of nitrogens with two attached hydrogens (primary N) is 1. The van der Waals surface area contributed by atoms with E-state index in [1.165, 1.54) is 16.9 Å². The van der Waals surface area contributed by atoms with Gasteiger partial charge in [-0.05, 0) is 12.1 Å². The number of hydrogen-bond donors (Lipinski definition) is 3. The van der Waals surface area contributed by atoms with E-state index in [-0.39, 0.29) is 11.5 Å². The van der Waals surface area contributed by atoms with Gasteiger partial charge in [-0.15, -0.1) is 0 Å². The lowest BCUT2D eigenvalue weighted by Gasteiger charge is -2.15. The number of aliphatic hydroxyl groups is 2. The minimum Gasteiger partial charge on any atom is -0.385 e. The Balaban J connectivity index is 2.08. The maximum Gasteiger partial charge on any atom is 0.389 e. The van der Waals surface area contributed by atoms with Crippen LogP contribution in [-0.4, -0.2) is 49.4 Å². The van der Waals surface area contributed by atoms with E-state index in [0.29, 0.717) is 5.52 Å². The predicted octanol–water partition coefficient (Wildman–Crippen LogP) is -0.310. The Labute approximate surface area is 118 Å². The maximum absolute atomic E-state index is 14.3. The zero-order chi connectivity index (χ0) is 15.2. The van der Waals surface area contributed by atoms with Gasteiger partial charge in [0.15, 0.2) is 24.7 Å². The minimum atomic E-state index is -2.01. The summed E-state index contributed by atoms with van der Waals surface area (Å²) in [6.07, 6.45) is -3.66. The van der Waals surface area contributed by atoms with E-state index in [1.54, 1.807) is 6.07 Å².